The summed E-state index contributed by atoms with van der Waals surface area (Å²) in [5.74, 6) is 0.608. The maximum absolute atomic E-state index is 12.5. The molecule has 0 spiro atoms. The number of carboxylic acids is 1. The van der Waals surface area contributed by atoms with Gasteiger partial charge in [-0.2, -0.15) is 0 Å². The first kappa shape index (κ1) is 17.0. The van der Waals surface area contributed by atoms with E-state index in [2.05, 4.69) is 20.2 Å². The number of rotatable bonds is 7. The molecule has 1 fully saturated rings. The number of carboxylic acid groups (broad SMARTS) is 1. The second-order valence-electron chi connectivity index (χ2n) is 5.43. The third-order valence-corrected chi connectivity index (χ3v) is 5.60. The molecule has 1 saturated heterocycles. The van der Waals surface area contributed by atoms with E-state index < -0.39 is 5.97 Å². The molecule has 2 aromatic heterocycles. The van der Waals surface area contributed by atoms with Crippen LogP contribution in [-0.4, -0.2) is 57.6 Å². The zero-order valence-electron chi connectivity index (χ0n) is 13.0. The van der Waals surface area contributed by atoms with Gasteiger partial charge in [-0.3, -0.25) is 9.59 Å². The number of aliphatic carboxylic acids is 1. The van der Waals surface area contributed by atoms with Gasteiger partial charge >= 0.3 is 5.97 Å². The highest BCUT2D eigenvalue weighted by molar-refractivity contribution is 7.99. The van der Waals surface area contributed by atoms with Gasteiger partial charge in [-0.25, -0.2) is 9.97 Å². The summed E-state index contributed by atoms with van der Waals surface area (Å²) in [6.07, 6.45) is 3.29. The van der Waals surface area contributed by atoms with Crippen LogP contribution in [0.5, 0.6) is 0 Å². The molecule has 1 unspecified atom stereocenters. The number of carbonyl (C=O) groups excluding carboxylic acids is 1. The number of hydrogen-bond donors (Lipinski definition) is 2. The molecule has 0 aliphatic carbocycles. The fourth-order valence-corrected chi connectivity index (χ4v) is 4.12. The lowest BCUT2D eigenvalue weighted by atomic mass is 10.2. The zero-order chi connectivity index (χ0) is 16.9. The minimum absolute atomic E-state index is 0.0228. The van der Waals surface area contributed by atoms with E-state index in [1.54, 1.807) is 17.7 Å². The number of aromatic nitrogens is 2. The van der Waals surface area contributed by atoms with E-state index in [1.165, 1.54) is 11.8 Å². The summed E-state index contributed by atoms with van der Waals surface area (Å²) < 4.78 is 0. The second kappa shape index (κ2) is 7.80. The molecule has 9 heteroatoms. The molecule has 3 rings (SSSR count). The summed E-state index contributed by atoms with van der Waals surface area (Å²) in [6, 6.07) is 1.76. The molecule has 1 aliphatic heterocycles. The highest BCUT2D eigenvalue weighted by atomic mass is 32.2. The summed E-state index contributed by atoms with van der Waals surface area (Å²) in [5.41, 5.74) is 0. The Morgan fingerprint density at radius 1 is 1.46 bits per heavy atom. The molecule has 0 radical (unpaired) electrons. The first-order valence-electron chi connectivity index (χ1n) is 7.69. The van der Waals surface area contributed by atoms with E-state index in [0.29, 0.717) is 12.3 Å². The number of fused-ring (bicyclic) bond motifs is 1. The molecular formula is C15H18N4O3S2. The van der Waals surface area contributed by atoms with E-state index in [-0.39, 0.29) is 17.7 Å². The average Bonchev–Trinajstić information content (AvgIpc) is 3.22. The Morgan fingerprint density at radius 2 is 2.33 bits per heavy atom. The average molecular weight is 366 g/mol. The van der Waals surface area contributed by atoms with E-state index in [0.717, 1.165) is 35.4 Å². The molecule has 1 aliphatic rings. The predicted molar refractivity (Wildman–Crippen MR) is 95.8 cm³/mol. The number of thiophene rings is 1. The van der Waals surface area contributed by atoms with E-state index in [9.17, 15) is 9.59 Å². The van der Waals surface area contributed by atoms with Crippen LogP contribution in [0.4, 0.5) is 5.82 Å². The van der Waals surface area contributed by atoms with Crippen LogP contribution in [0.15, 0.2) is 17.8 Å². The molecule has 2 aromatic rings. The molecule has 24 heavy (non-hydrogen) atoms. The minimum atomic E-state index is -0.836. The van der Waals surface area contributed by atoms with Gasteiger partial charge in [0.2, 0.25) is 5.91 Å². The third kappa shape index (κ3) is 3.78. The Bertz CT molecular complexity index is 736. The lowest BCUT2D eigenvalue weighted by Gasteiger charge is -2.25. The number of hydrogen-bond acceptors (Lipinski definition) is 7. The molecule has 0 saturated carbocycles. The summed E-state index contributed by atoms with van der Waals surface area (Å²) in [7, 11) is 0. The van der Waals surface area contributed by atoms with Crippen molar-refractivity contribution in [1.82, 2.24) is 15.3 Å². The minimum Gasteiger partial charge on any atom is -0.481 e. The number of nitrogens with zero attached hydrogens (tertiary/aromatic N) is 3. The van der Waals surface area contributed by atoms with E-state index >= 15 is 0 Å². The van der Waals surface area contributed by atoms with Crippen LogP contribution >= 0.6 is 23.1 Å². The highest BCUT2D eigenvalue weighted by Gasteiger charge is 2.32. The Hall–Kier alpha value is -1.87. The third-order valence-electron chi connectivity index (χ3n) is 3.84. The van der Waals surface area contributed by atoms with Crippen molar-refractivity contribution in [2.45, 2.75) is 18.9 Å². The van der Waals surface area contributed by atoms with Crippen LogP contribution in [0.2, 0.25) is 0 Å². The summed E-state index contributed by atoms with van der Waals surface area (Å²) >= 11 is 2.86. The Labute approximate surface area is 147 Å². The molecule has 128 valence electrons. The van der Waals surface area contributed by atoms with Crippen molar-refractivity contribution in [3.63, 3.8) is 0 Å². The normalized spacial score (nSPS) is 17.3. The molecule has 0 aromatic carbocycles. The monoisotopic (exact) mass is 366 g/mol. The van der Waals surface area contributed by atoms with Gasteiger partial charge in [-0.15, -0.1) is 23.1 Å². The number of nitrogens with one attached hydrogen (secondary N) is 1. The Kier molecular flexibility index (Phi) is 5.52. The first-order valence-corrected chi connectivity index (χ1v) is 9.72. The van der Waals surface area contributed by atoms with Gasteiger partial charge in [-0.05, 0) is 24.3 Å². The van der Waals surface area contributed by atoms with Gasteiger partial charge in [-0.1, -0.05) is 0 Å². The number of thioether (sulfide) groups is 1. The van der Waals surface area contributed by atoms with Gasteiger partial charge < -0.3 is 15.3 Å². The quantitative estimate of drug-likeness (QED) is 0.719. The lowest BCUT2D eigenvalue weighted by Crippen LogP contribution is -2.44. The summed E-state index contributed by atoms with van der Waals surface area (Å²) in [4.78, 5) is 34.6. The van der Waals surface area contributed by atoms with Crippen molar-refractivity contribution in [1.29, 1.82) is 0 Å². The molecule has 3 heterocycles. The Morgan fingerprint density at radius 3 is 3.17 bits per heavy atom. The Balaban J connectivity index is 1.62. The number of carbonyl (C=O) groups is 2. The molecule has 2 N–H and O–H groups in total. The molecule has 0 bridgehead atoms. The SMILES string of the molecule is O=C(O)CSCCNC(=O)C1CCCN1c1ncnc2sccc12. The van der Waals surface area contributed by atoms with Crippen molar-refractivity contribution in [3.8, 4) is 0 Å². The van der Waals surface area contributed by atoms with Crippen LogP contribution < -0.4 is 10.2 Å². The fourth-order valence-electron chi connectivity index (χ4n) is 2.82. The standard InChI is InChI=1S/C15H18N4O3S2/c20-12(21)8-23-7-4-16-14(22)11-2-1-5-19(11)13-10-3-6-24-15(10)18-9-17-13/h3,6,9,11H,1-2,4-5,7-8H2,(H,16,22)(H,20,21). The maximum Gasteiger partial charge on any atom is 0.313 e. The van der Waals surface area contributed by atoms with Crippen molar-refractivity contribution < 1.29 is 14.7 Å². The zero-order valence-corrected chi connectivity index (χ0v) is 14.6. The van der Waals surface area contributed by atoms with Crippen molar-refractivity contribution >= 4 is 51.0 Å². The first-order chi connectivity index (χ1) is 11.7. The van der Waals surface area contributed by atoms with Crippen LogP contribution in [0.3, 0.4) is 0 Å². The number of anilines is 1. The van der Waals surface area contributed by atoms with Gasteiger partial charge in [0.05, 0.1) is 11.1 Å². The highest BCUT2D eigenvalue weighted by Crippen LogP contribution is 2.31. The van der Waals surface area contributed by atoms with Crippen LogP contribution in [0.25, 0.3) is 10.2 Å². The summed E-state index contributed by atoms with van der Waals surface area (Å²) in [6.45, 7) is 1.27. The van der Waals surface area contributed by atoms with Crippen LogP contribution in [0.1, 0.15) is 12.8 Å². The van der Waals surface area contributed by atoms with Crippen LogP contribution in [-0.2, 0) is 9.59 Å². The van der Waals surface area contributed by atoms with Crippen molar-refractivity contribution in [2.24, 2.45) is 0 Å². The topological polar surface area (TPSA) is 95.4 Å². The predicted octanol–water partition coefficient (Wildman–Crippen LogP) is 1.59. The van der Waals surface area contributed by atoms with Gasteiger partial charge in [0.25, 0.3) is 0 Å². The largest absolute Gasteiger partial charge is 0.481 e. The van der Waals surface area contributed by atoms with Crippen molar-refractivity contribution in [2.75, 3.05) is 29.5 Å². The van der Waals surface area contributed by atoms with Gasteiger partial charge in [0, 0.05) is 18.8 Å². The van der Waals surface area contributed by atoms with Crippen molar-refractivity contribution in [3.05, 3.63) is 17.8 Å². The van der Waals surface area contributed by atoms with E-state index in [1.807, 2.05) is 11.4 Å². The van der Waals surface area contributed by atoms with Crippen LogP contribution in [0, 0.1) is 0 Å². The molecule has 1 amide bonds. The molecule has 1 atom stereocenters. The fraction of sp³-hybridized carbons (Fsp3) is 0.467. The summed E-state index contributed by atoms with van der Waals surface area (Å²) in [5, 5.41) is 14.5. The number of amides is 1. The van der Waals surface area contributed by atoms with Gasteiger partial charge in [0.15, 0.2) is 0 Å². The smallest absolute Gasteiger partial charge is 0.313 e. The van der Waals surface area contributed by atoms with Gasteiger partial charge in [0.1, 0.15) is 23.0 Å². The van der Waals surface area contributed by atoms with E-state index in [4.69, 9.17) is 5.11 Å². The second-order valence-corrected chi connectivity index (χ2v) is 7.43. The molecular weight excluding hydrogens is 348 g/mol. The maximum atomic E-state index is 12.5. The lowest BCUT2D eigenvalue weighted by molar-refractivity contribution is -0.133. The molecule has 7 nitrogen and oxygen atoms in total.